The third kappa shape index (κ3) is 4.06. The molecule has 0 bridgehead atoms. The summed E-state index contributed by atoms with van der Waals surface area (Å²) in [5, 5.41) is 2.43. The number of ether oxygens (including phenoxy) is 2. The van der Waals surface area contributed by atoms with Crippen molar-refractivity contribution in [3.8, 4) is 5.75 Å². The van der Waals surface area contributed by atoms with Crippen LogP contribution in [0.5, 0.6) is 5.75 Å². The fraction of sp³-hybridized carbons (Fsp3) is 0.409. The van der Waals surface area contributed by atoms with Crippen LogP contribution in [0.25, 0.3) is 0 Å². The van der Waals surface area contributed by atoms with Crippen LogP contribution in [0.2, 0.25) is 0 Å². The number of primary amides is 1. The number of hydrogen-bond donors (Lipinski definition) is 2. The zero-order chi connectivity index (χ0) is 25.6. The topological polar surface area (TPSA) is 104 Å². The Bertz CT molecular complexity index is 1140. The van der Waals surface area contributed by atoms with Crippen molar-refractivity contribution >= 4 is 17.5 Å². The smallest absolute Gasteiger partial charge is 0.417 e. The van der Waals surface area contributed by atoms with Gasteiger partial charge in [0.1, 0.15) is 11.8 Å². The number of methoxy groups -OCH3 is 1. The summed E-state index contributed by atoms with van der Waals surface area (Å²) in [4.78, 5) is 28.5. The molecule has 2 heterocycles. The third-order valence-corrected chi connectivity index (χ3v) is 6.27. The van der Waals surface area contributed by atoms with E-state index in [-0.39, 0.29) is 22.5 Å². The molecule has 1 fully saturated rings. The average Bonchev–Trinajstić information content (AvgIpc) is 3.03. The summed E-state index contributed by atoms with van der Waals surface area (Å²) in [5.74, 6) is -7.92. The Hall–Kier alpha value is -3.28. The minimum atomic E-state index is -4.89. The molecule has 7 nitrogen and oxygen atoms in total. The van der Waals surface area contributed by atoms with Gasteiger partial charge in [-0.05, 0) is 26.0 Å². The van der Waals surface area contributed by atoms with Crippen LogP contribution in [-0.4, -0.2) is 41.8 Å². The van der Waals surface area contributed by atoms with E-state index in [2.05, 4.69) is 10.3 Å². The van der Waals surface area contributed by atoms with E-state index in [1.807, 2.05) is 0 Å². The lowest BCUT2D eigenvalue weighted by molar-refractivity contribution is -0.272. The molecule has 0 radical (unpaired) electrons. The quantitative estimate of drug-likeness (QED) is 0.624. The van der Waals surface area contributed by atoms with Crippen molar-refractivity contribution in [1.82, 2.24) is 4.98 Å². The standard InChI is InChI=1S/C22H22F5N3O4/c1-9-13(7-8-29-16(9)19(28)31)30-20(32)18-14(10(2)21(3,34-18)22(25,26)27)11-5-6-12(23)15(24)17(11)33-4/h5-8,10,14,18H,1-4H3,(H2,28,31)(H,29,30,32)/t10-,14-,18+,21+/m0/s1. The largest absolute Gasteiger partial charge is 0.493 e. The van der Waals surface area contributed by atoms with Gasteiger partial charge in [0.05, 0.1) is 7.11 Å². The van der Waals surface area contributed by atoms with Crippen molar-refractivity contribution in [2.24, 2.45) is 11.7 Å². The van der Waals surface area contributed by atoms with Gasteiger partial charge in [-0.25, -0.2) is 4.39 Å². The van der Waals surface area contributed by atoms with Gasteiger partial charge in [0.25, 0.3) is 11.8 Å². The van der Waals surface area contributed by atoms with Gasteiger partial charge in [0.15, 0.2) is 17.2 Å². The predicted octanol–water partition coefficient (Wildman–Crippen LogP) is 3.85. The highest BCUT2D eigenvalue weighted by Gasteiger charge is 2.65. The van der Waals surface area contributed by atoms with Gasteiger partial charge >= 0.3 is 6.18 Å². The van der Waals surface area contributed by atoms with Gasteiger partial charge in [-0.1, -0.05) is 13.0 Å². The first-order valence-electron chi connectivity index (χ1n) is 10.1. The summed E-state index contributed by atoms with van der Waals surface area (Å²) >= 11 is 0. The van der Waals surface area contributed by atoms with Gasteiger partial charge < -0.3 is 20.5 Å². The predicted molar refractivity (Wildman–Crippen MR) is 110 cm³/mol. The average molecular weight is 487 g/mol. The monoisotopic (exact) mass is 487 g/mol. The van der Waals surface area contributed by atoms with Gasteiger partial charge in [-0.3, -0.25) is 14.6 Å². The van der Waals surface area contributed by atoms with Crippen molar-refractivity contribution in [3.05, 3.63) is 52.9 Å². The SMILES string of the molecule is COc1c([C@H]2[C@H](C(=O)Nc3ccnc(C(N)=O)c3C)O[C@@](C)(C(F)(F)F)[C@H]2C)ccc(F)c1F. The molecule has 3 rings (SSSR count). The number of carbonyl (C=O) groups excluding carboxylic acids is 2. The van der Waals surface area contributed by atoms with E-state index < -0.39 is 58.9 Å². The van der Waals surface area contributed by atoms with Gasteiger partial charge in [-0.15, -0.1) is 0 Å². The van der Waals surface area contributed by atoms with Crippen molar-refractivity contribution in [3.63, 3.8) is 0 Å². The highest BCUT2D eigenvalue weighted by molar-refractivity contribution is 5.99. The molecule has 2 aromatic rings. The number of nitrogens with zero attached hydrogens (tertiary/aromatic N) is 1. The fourth-order valence-corrected chi connectivity index (χ4v) is 4.16. The summed E-state index contributed by atoms with van der Waals surface area (Å²) in [6.07, 6.45) is -5.47. The first kappa shape index (κ1) is 25.3. The molecular weight excluding hydrogens is 465 g/mol. The van der Waals surface area contributed by atoms with Crippen LogP contribution < -0.4 is 15.8 Å². The Morgan fingerprint density at radius 3 is 2.44 bits per heavy atom. The molecule has 0 saturated carbocycles. The molecule has 2 amide bonds. The van der Waals surface area contributed by atoms with Gasteiger partial charge in [0.2, 0.25) is 5.82 Å². The highest BCUT2D eigenvalue weighted by Crippen LogP contribution is 2.55. The van der Waals surface area contributed by atoms with Crippen LogP contribution in [0.15, 0.2) is 24.4 Å². The Labute approximate surface area is 191 Å². The van der Waals surface area contributed by atoms with Gasteiger partial charge in [-0.2, -0.15) is 17.6 Å². The van der Waals surface area contributed by atoms with Crippen molar-refractivity contribution in [2.45, 2.75) is 44.6 Å². The van der Waals surface area contributed by atoms with E-state index in [9.17, 15) is 31.5 Å². The lowest BCUT2D eigenvalue weighted by atomic mass is 9.77. The van der Waals surface area contributed by atoms with E-state index in [0.717, 1.165) is 26.2 Å². The molecule has 0 aliphatic carbocycles. The van der Waals surface area contributed by atoms with Crippen LogP contribution in [0.1, 0.15) is 41.4 Å². The van der Waals surface area contributed by atoms with E-state index >= 15 is 0 Å². The van der Waals surface area contributed by atoms with Gasteiger partial charge in [0, 0.05) is 34.8 Å². The second-order valence-corrected chi connectivity index (χ2v) is 8.13. The lowest BCUT2D eigenvalue weighted by Gasteiger charge is -2.32. The molecule has 1 aromatic heterocycles. The Kier molecular flexibility index (Phi) is 6.57. The molecule has 1 aliphatic heterocycles. The molecule has 4 atom stereocenters. The fourth-order valence-electron chi connectivity index (χ4n) is 4.16. The van der Waals surface area contributed by atoms with Crippen molar-refractivity contribution < 1.29 is 41.0 Å². The number of benzene rings is 1. The Morgan fingerprint density at radius 2 is 1.88 bits per heavy atom. The number of alkyl halides is 3. The number of nitrogens with two attached hydrogens (primary N) is 1. The molecule has 3 N–H and O–H groups in total. The number of halogens is 5. The minimum Gasteiger partial charge on any atom is -0.493 e. The van der Waals surface area contributed by atoms with E-state index in [4.69, 9.17) is 15.2 Å². The highest BCUT2D eigenvalue weighted by atomic mass is 19.4. The van der Waals surface area contributed by atoms with Crippen LogP contribution in [-0.2, 0) is 9.53 Å². The number of carbonyl (C=O) groups is 2. The first-order chi connectivity index (χ1) is 15.7. The van der Waals surface area contributed by atoms with Crippen molar-refractivity contribution in [2.75, 3.05) is 12.4 Å². The second-order valence-electron chi connectivity index (χ2n) is 8.13. The minimum absolute atomic E-state index is 0.0710. The zero-order valence-electron chi connectivity index (χ0n) is 18.6. The second kappa shape index (κ2) is 8.82. The van der Waals surface area contributed by atoms with Crippen LogP contribution in [0, 0.1) is 24.5 Å². The maximum absolute atomic E-state index is 14.4. The maximum atomic E-state index is 14.4. The summed E-state index contributed by atoms with van der Waals surface area (Å²) < 4.78 is 80.4. The maximum Gasteiger partial charge on any atom is 0.417 e. The Morgan fingerprint density at radius 1 is 1.24 bits per heavy atom. The van der Waals surface area contributed by atoms with E-state index in [1.165, 1.54) is 26.1 Å². The number of rotatable bonds is 5. The summed E-state index contributed by atoms with van der Waals surface area (Å²) in [7, 11) is 1.03. The number of aromatic nitrogens is 1. The number of amides is 2. The molecule has 0 spiro atoms. The number of nitrogens with one attached hydrogen (secondary N) is 1. The van der Waals surface area contributed by atoms with E-state index in [0.29, 0.717) is 0 Å². The molecule has 1 aliphatic rings. The third-order valence-electron chi connectivity index (χ3n) is 6.27. The molecule has 0 unspecified atom stereocenters. The molecule has 184 valence electrons. The van der Waals surface area contributed by atoms with Crippen molar-refractivity contribution in [1.29, 1.82) is 0 Å². The molecule has 1 saturated heterocycles. The molecular formula is C22H22F5N3O4. The first-order valence-corrected chi connectivity index (χ1v) is 10.1. The number of anilines is 1. The van der Waals surface area contributed by atoms with E-state index in [1.54, 1.807) is 0 Å². The molecule has 1 aromatic carbocycles. The van der Waals surface area contributed by atoms with Crippen LogP contribution in [0.3, 0.4) is 0 Å². The summed E-state index contributed by atoms with van der Waals surface area (Å²) in [6, 6.07) is 3.13. The zero-order valence-corrected chi connectivity index (χ0v) is 18.6. The van der Waals surface area contributed by atoms with Crippen LogP contribution >= 0.6 is 0 Å². The number of hydrogen-bond acceptors (Lipinski definition) is 5. The van der Waals surface area contributed by atoms with Crippen LogP contribution in [0.4, 0.5) is 27.6 Å². The molecule has 12 heteroatoms. The summed E-state index contributed by atoms with van der Waals surface area (Å²) in [5.41, 5.74) is 2.42. The number of pyridine rings is 1. The molecule has 34 heavy (non-hydrogen) atoms. The Balaban J connectivity index is 2.11. The normalized spacial score (nSPS) is 24.7. The lowest BCUT2D eigenvalue weighted by Crippen LogP contribution is -2.47. The summed E-state index contributed by atoms with van der Waals surface area (Å²) in [6.45, 7) is 3.43.